The van der Waals surface area contributed by atoms with E-state index in [4.69, 9.17) is 37.9 Å². The van der Waals surface area contributed by atoms with Crippen LogP contribution in [0.25, 0.3) is 6.08 Å². The van der Waals surface area contributed by atoms with Gasteiger partial charge in [0.15, 0.2) is 29.3 Å². The second-order valence-corrected chi connectivity index (χ2v) is 5.97. The Hall–Kier alpha value is -3.69. The van der Waals surface area contributed by atoms with Gasteiger partial charge in [-0.25, -0.2) is 0 Å². The van der Waals surface area contributed by atoms with E-state index in [-0.39, 0.29) is 51.6 Å². The van der Waals surface area contributed by atoms with Crippen LogP contribution in [0.15, 0.2) is 28.6 Å². The highest BCUT2D eigenvalue weighted by Gasteiger charge is 2.29. The number of phenols is 1. The van der Waals surface area contributed by atoms with Gasteiger partial charge in [-0.15, -0.1) is 0 Å². The molecule has 0 amide bonds. The van der Waals surface area contributed by atoms with Crippen molar-refractivity contribution in [3.05, 3.63) is 34.2 Å². The van der Waals surface area contributed by atoms with Gasteiger partial charge in [0.05, 0.1) is 68.0 Å². The predicted octanol–water partition coefficient (Wildman–Crippen LogP) is 3.04. The van der Waals surface area contributed by atoms with Crippen LogP contribution in [0.2, 0.25) is 0 Å². The number of aromatic hydroxyl groups is 1. The van der Waals surface area contributed by atoms with E-state index in [2.05, 4.69) is 0 Å². The third-order valence-electron chi connectivity index (χ3n) is 4.51. The maximum absolute atomic E-state index is 11.6. The molecule has 10 heteroatoms. The topological polar surface area (TPSA) is 111 Å². The van der Waals surface area contributed by atoms with Crippen molar-refractivity contribution in [2.24, 2.45) is 0 Å². The van der Waals surface area contributed by atoms with Crippen molar-refractivity contribution in [2.45, 2.75) is 6.92 Å². The molecule has 0 bridgehead atoms. The summed E-state index contributed by atoms with van der Waals surface area (Å²) in [5.41, 5.74) is 0.551. The molecular formula is C22H30O10. The number of carbonyl (C=O) groups excluding carboxylic acids is 1. The van der Waals surface area contributed by atoms with Gasteiger partial charge in [0.1, 0.15) is 5.76 Å². The van der Waals surface area contributed by atoms with E-state index in [0.29, 0.717) is 17.6 Å². The lowest BCUT2D eigenvalue weighted by Crippen LogP contribution is -2.08. The highest BCUT2D eigenvalue weighted by Crippen LogP contribution is 2.54. The standard InChI is InChI=1S/C22H30O10/c1-12(25-2)17(27-4)13(18(28-5)15(11-23)26-3)10-14-19(29-6)21(31-8)16(24)22(32-9)20(14)30-7/h10-11,24H,1-9H3/b13-10-,17-12-,18-15-. The van der Waals surface area contributed by atoms with Crippen molar-refractivity contribution in [3.63, 3.8) is 0 Å². The lowest BCUT2D eigenvalue weighted by atomic mass is 10.0. The van der Waals surface area contributed by atoms with E-state index < -0.39 is 0 Å². The molecule has 1 aromatic rings. The molecule has 0 aliphatic rings. The molecule has 0 radical (unpaired) electrons. The van der Waals surface area contributed by atoms with E-state index in [1.807, 2.05) is 0 Å². The molecule has 0 aliphatic heterocycles. The second kappa shape index (κ2) is 12.2. The number of allylic oxidation sites excluding steroid dienone is 2. The summed E-state index contributed by atoms with van der Waals surface area (Å²) in [6, 6.07) is 0. The number of hydrogen-bond donors (Lipinski definition) is 1. The lowest BCUT2D eigenvalue weighted by Gasteiger charge is -2.21. The first-order valence-electron chi connectivity index (χ1n) is 9.22. The fraction of sp³-hybridized carbons (Fsp3) is 0.409. The van der Waals surface area contributed by atoms with Crippen LogP contribution in [0.3, 0.4) is 0 Å². The fourth-order valence-corrected chi connectivity index (χ4v) is 3.03. The van der Waals surface area contributed by atoms with Gasteiger partial charge in [-0.2, -0.15) is 0 Å². The molecule has 0 aromatic heterocycles. The van der Waals surface area contributed by atoms with E-state index in [1.54, 1.807) is 13.0 Å². The third-order valence-corrected chi connectivity index (χ3v) is 4.51. The Morgan fingerprint density at radius 2 is 1.16 bits per heavy atom. The zero-order chi connectivity index (χ0) is 24.4. The number of methoxy groups -OCH3 is 8. The summed E-state index contributed by atoms with van der Waals surface area (Å²) in [6.07, 6.45) is 2.04. The number of ether oxygens (including phenoxy) is 8. The molecule has 0 spiro atoms. The van der Waals surface area contributed by atoms with Gasteiger partial charge in [0, 0.05) is 0 Å². The summed E-state index contributed by atoms with van der Waals surface area (Å²) in [5.74, 6) is 0.517. The highest BCUT2D eigenvalue weighted by molar-refractivity contribution is 5.82. The molecule has 1 rings (SSSR count). The molecule has 0 saturated carbocycles. The summed E-state index contributed by atoms with van der Waals surface area (Å²) in [5, 5.41) is 10.6. The van der Waals surface area contributed by atoms with Crippen molar-refractivity contribution in [3.8, 4) is 28.7 Å². The van der Waals surface area contributed by atoms with Gasteiger partial charge in [0.2, 0.25) is 23.0 Å². The minimum absolute atomic E-state index is 0.00691. The molecule has 178 valence electrons. The van der Waals surface area contributed by atoms with E-state index in [0.717, 1.165) is 0 Å². The molecule has 0 aliphatic carbocycles. The van der Waals surface area contributed by atoms with Crippen molar-refractivity contribution in [1.29, 1.82) is 0 Å². The normalized spacial score (nSPS) is 12.7. The second-order valence-electron chi connectivity index (χ2n) is 5.97. The smallest absolute Gasteiger partial charge is 0.208 e. The van der Waals surface area contributed by atoms with E-state index in [1.165, 1.54) is 56.9 Å². The largest absolute Gasteiger partial charge is 0.501 e. The van der Waals surface area contributed by atoms with Crippen LogP contribution < -0.4 is 18.9 Å². The molecule has 10 nitrogen and oxygen atoms in total. The molecule has 0 heterocycles. The molecule has 1 N–H and O–H groups in total. The van der Waals surface area contributed by atoms with Crippen molar-refractivity contribution < 1.29 is 47.8 Å². The predicted molar refractivity (Wildman–Crippen MR) is 116 cm³/mol. The minimum Gasteiger partial charge on any atom is -0.501 e. The zero-order valence-electron chi connectivity index (χ0n) is 19.8. The van der Waals surface area contributed by atoms with Crippen molar-refractivity contribution in [1.82, 2.24) is 0 Å². The summed E-state index contributed by atoms with van der Waals surface area (Å²) >= 11 is 0. The Morgan fingerprint density at radius 1 is 0.688 bits per heavy atom. The molecule has 0 unspecified atom stereocenters. The van der Waals surface area contributed by atoms with Gasteiger partial charge < -0.3 is 43.0 Å². The molecule has 0 saturated heterocycles. The van der Waals surface area contributed by atoms with Crippen LogP contribution >= 0.6 is 0 Å². The van der Waals surface area contributed by atoms with Crippen LogP contribution in [-0.4, -0.2) is 68.3 Å². The van der Waals surface area contributed by atoms with E-state index in [9.17, 15) is 9.90 Å². The average molecular weight is 454 g/mol. The number of hydrogen-bond acceptors (Lipinski definition) is 10. The number of benzene rings is 1. The zero-order valence-corrected chi connectivity index (χ0v) is 19.8. The first kappa shape index (κ1) is 26.3. The van der Waals surface area contributed by atoms with Gasteiger partial charge in [-0.1, -0.05) is 0 Å². The minimum atomic E-state index is -0.314. The summed E-state index contributed by atoms with van der Waals surface area (Å²) in [6.45, 7) is 1.67. The van der Waals surface area contributed by atoms with Crippen LogP contribution in [0.5, 0.6) is 28.7 Å². The molecule has 0 atom stereocenters. The van der Waals surface area contributed by atoms with Crippen LogP contribution in [-0.2, 0) is 23.7 Å². The summed E-state index contributed by atoms with van der Waals surface area (Å²) < 4.78 is 43.2. The average Bonchev–Trinajstić information content (AvgIpc) is 2.81. The van der Waals surface area contributed by atoms with Gasteiger partial charge >= 0.3 is 0 Å². The maximum Gasteiger partial charge on any atom is 0.208 e. The Bertz CT molecular complexity index is 879. The molecular weight excluding hydrogens is 424 g/mol. The Kier molecular flexibility index (Phi) is 10.1. The van der Waals surface area contributed by atoms with Gasteiger partial charge in [0.25, 0.3) is 0 Å². The highest BCUT2D eigenvalue weighted by atomic mass is 16.5. The maximum atomic E-state index is 11.6. The van der Waals surface area contributed by atoms with Crippen LogP contribution in [0, 0.1) is 0 Å². The third kappa shape index (κ3) is 4.96. The first-order valence-corrected chi connectivity index (χ1v) is 9.22. The molecule has 1 aromatic carbocycles. The van der Waals surface area contributed by atoms with E-state index >= 15 is 0 Å². The fourth-order valence-electron chi connectivity index (χ4n) is 3.03. The van der Waals surface area contributed by atoms with Crippen molar-refractivity contribution >= 4 is 12.4 Å². The Morgan fingerprint density at radius 3 is 1.47 bits per heavy atom. The van der Waals surface area contributed by atoms with Crippen LogP contribution in [0.1, 0.15) is 12.5 Å². The van der Waals surface area contributed by atoms with Gasteiger partial charge in [-0.3, -0.25) is 4.79 Å². The van der Waals surface area contributed by atoms with Crippen LogP contribution in [0.4, 0.5) is 0 Å². The van der Waals surface area contributed by atoms with Gasteiger partial charge in [-0.05, 0) is 13.0 Å². The molecule has 0 fully saturated rings. The quantitative estimate of drug-likeness (QED) is 0.219. The first-order chi connectivity index (χ1) is 15.3. The number of phenolic OH excluding ortho intramolecular Hbond substituents is 1. The summed E-state index contributed by atoms with van der Waals surface area (Å²) in [4.78, 5) is 11.6. The monoisotopic (exact) mass is 454 g/mol. The Balaban J connectivity index is 4.31. The number of rotatable bonds is 12. The Labute approximate surface area is 187 Å². The summed E-state index contributed by atoms with van der Waals surface area (Å²) in [7, 11) is 11.1. The number of carbonyl (C=O) groups is 1. The molecule has 32 heavy (non-hydrogen) atoms. The van der Waals surface area contributed by atoms with Crippen molar-refractivity contribution in [2.75, 3.05) is 56.9 Å². The number of aldehydes is 1. The SMILES string of the molecule is CO/C(C)=C(OC)/C(=C/c1c(OC)c(OC)c(O)c(OC)c1OC)C(/OC)=C(\C=O)OC. The lowest BCUT2D eigenvalue weighted by molar-refractivity contribution is -0.107.